The molecule has 0 aromatic rings. The van der Waals surface area contributed by atoms with Crippen molar-refractivity contribution in [3.8, 4) is 0 Å². The molecule has 0 heterocycles. The van der Waals surface area contributed by atoms with Gasteiger partial charge in [-0.25, -0.2) is 0 Å². The van der Waals surface area contributed by atoms with Crippen LogP contribution >= 0.6 is 7.60 Å². The molecule has 0 saturated heterocycles. The van der Waals surface area contributed by atoms with E-state index in [9.17, 15) is 14.6 Å². The van der Waals surface area contributed by atoms with E-state index in [-0.39, 0.29) is 32.2 Å². The van der Waals surface area contributed by atoms with Crippen molar-refractivity contribution in [2.24, 2.45) is 0 Å². The number of aliphatic hydroxyl groups is 1. The van der Waals surface area contributed by atoms with E-state index in [4.69, 9.17) is 24.0 Å². The van der Waals surface area contributed by atoms with Gasteiger partial charge in [0.05, 0.1) is 19.0 Å². The Bertz CT molecular complexity index is 267. The summed E-state index contributed by atoms with van der Waals surface area (Å²) in [6.45, 7) is -0.00254. The normalized spacial score (nSPS) is 17.4. The molecule has 0 amide bonds. The second-order valence-electron chi connectivity index (χ2n) is 3.86. The maximum atomic E-state index is 10.3. The van der Waals surface area contributed by atoms with Crippen LogP contribution in [0, 0.1) is 0 Å². The van der Waals surface area contributed by atoms with E-state index in [1.54, 1.807) is 0 Å². The summed E-state index contributed by atoms with van der Waals surface area (Å²) in [5.41, 5.74) is 0. The lowest BCUT2D eigenvalue weighted by Crippen LogP contribution is -2.35. The summed E-state index contributed by atoms with van der Waals surface area (Å²) in [6.07, 6.45) is -1.34. The molecule has 0 radical (unpaired) electrons. The minimum atomic E-state index is -4.37. The first kappa shape index (κ1) is 18.1. The third-order valence-corrected chi connectivity index (χ3v) is 3.45. The Balaban J connectivity index is 3.43. The van der Waals surface area contributed by atoms with Crippen molar-refractivity contribution >= 4 is 16.4 Å². The lowest BCUT2D eigenvalue weighted by atomic mass is 10.4. The van der Waals surface area contributed by atoms with Crippen molar-refractivity contribution in [3.05, 3.63) is 0 Å². The first-order chi connectivity index (χ1) is 8.10. The van der Waals surface area contributed by atoms with E-state index in [2.05, 4.69) is 5.32 Å². The average molecular weight is 304 g/mol. The highest BCUT2D eigenvalue weighted by atomic mass is 31.2. The molecule has 0 fully saturated rings. The highest BCUT2D eigenvalue weighted by molar-refractivity contribution is 7.50. The summed E-state index contributed by atoms with van der Waals surface area (Å²) in [5.74, 6) is 0. The quantitative estimate of drug-likeness (QED) is 0.138. The molecule has 2 atom stereocenters. The summed E-state index contributed by atoms with van der Waals surface area (Å²) >= 11 is 0. The van der Waals surface area contributed by atoms with Crippen molar-refractivity contribution < 1.29 is 38.6 Å². The van der Waals surface area contributed by atoms with Gasteiger partial charge in [-0.15, -0.1) is 0 Å². The van der Waals surface area contributed by atoms with E-state index >= 15 is 0 Å². The molecular formula is C7H19NO8PSi-. The summed E-state index contributed by atoms with van der Waals surface area (Å²) in [4.78, 5) is 44.8. The van der Waals surface area contributed by atoms with Gasteiger partial charge in [-0.1, -0.05) is 0 Å². The predicted molar refractivity (Wildman–Crippen MR) is 61.4 cm³/mol. The van der Waals surface area contributed by atoms with Gasteiger partial charge in [0.25, 0.3) is 0 Å². The Morgan fingerprint density at radius 2 is 2.00 bits per heavy atom. The highest BCUT2D eigenvalue weighted by Gasteiger charge is 2.25. The lowest BCUT2D eigenvalue weighted by molar-refractivity contribution is -0.193. The fourth-order valence-corrected chi connectivity index (χ4v) is 2.09. The molecule has 0 aliphatic rings. The van der Waals surface area contributed by atoms with Crippen LogP contribution in [0.3, 0.4) is 0 Å². The predicted octanol–water partition coefficient (Wildman–Crippen LogP) is -3.24. The fraction of sp³-hybridized carbons (Fsp3) is 1.00. The Hall–Kier alpha value is 0.127. The first-order valence-electron chi connectivity index (χ1n) is 5.26. The van der Waals surface area contributed by atoms with Crippen LogP contribution in [0.1, 0.15) is 6.42 Å². The van der Waals surface area contributed by atoms with E-state index < -0.39 is 28.8 Å². The van der Waals surface area contributed by atoms with Gasteiger partial charge in [-0.05, 0) is 6.42 Å². The van der Waals surface area contributed by atoms with Crippen LogP contribution in [0.5, 0.6) is 0 Å². The molecule has 0 rings (SSSR count). The second kappa shape index (κ2) is 8.33. The standard InChI is InChI=1S/C7H20NO8PSi/c9-7(4-8-6-17(10,11)12)5-16-2-1-3-18(13,14)15/h7-9,13-15H,1-6H2,(H2,10,11,12)/p-1. The molecule has 6 N–H and O–H groups in total. The van der Waals surface area contributed by atoms with Gasteiger partial charge in [0, 0.05) is 19.2 Å². The molecule has 0 spiro atoms. The zero-order chi connectivity index (χ0) is 14.2. The van der Waals surface area contributed by atoms with Crippen molar-refractivity contribution in [1.29, 1.82) is 0 Å². The summed E-state index contributed by atoms with van der Waals surface area (Å²) in [6, 6.07) is -0.148. The highest BCUT2D eigenvalue weighted by Crippen LogP contribution is 2.25. The first-order valence-corrected chi connectivity index (χ1v) is 9.08. The molecule has 0 aliphatic carbocycles. The second-order valence-corrected chi connectivity index (χ2v) is 7.50. The van der Waals surface area contributed by atoms with Gasteiger partial charge in [-0.2, -0.15) is 0 Å². The summed E-state index contributed by atoms with van der Waals surface area (Å²) in [5, 5.41) is 11.6. The zero-order valence-electron chi connectivity index (χ0n) is 9.73. The Morgan fingerprint density at radius 3 is 2.50 bits per heavy atom. The van der Waals surface area contributed by atoms with Crippen molar-refractivity contribution in [3.63, 3.8) is 0 Å². The van der Waals surface area contributed by atoms with Crippen LogP contribution in [0.2, 0.25) is 6.04 Å². The smallest absolute Gasteiger partial charge is 0.492 e. The van der Waals surface area contributed by atoms with Crippen molar-refractivity contribution in [2.75, 3.05) is 26.0 Å². The van der Waals surface area contributed by atoms with Crippen LogP contribution in [0.25, 0.3) is 0 Å². The van der Waals surface area contributed by atoms with Gasteiger partial charge >= 0.3 is 8.80 Å². The van der Waals surface area contributed by atoms with Gasteiger partial charge in [-0.3, -0.25) is 0 Å². The SMILES string of the molecule is O=P([O-])(O)CNCC(O)COCCC[Si](O)(O)O. The molecule has 0 aromatic carbocycles. The minimum absolute atomic E-state index is 0.0640. The minimum Gasteiger partial charge on any atom is -0.778 e. The van der Waals surface area contributed by atoms with E-state index in [0.29, 0.717) is 0 Å². The molecule has 9 nitrogen and oxygen atoms in total. The zero-order valence-corrected chi connectivity index (χ0v) is 11.6. The Kier molecular flexibility index (Phi) is 8.39. The Morgan fingerprint density at radius 1 is 1.39 bits per heavy atom. The largest absolute Gasteiger partial charge is 0.778 e. The molecule has 0 aliphatic heterocycles. The van der Waals surface area contributed by atoms with Crippen LogP contribution in [0.15, 0.2) is 0 Å². The lowest BCUT2D eigenvalue weighted by Gasteiger charge is -2.18. The molecule has 0 aromatic heterocycles. The monoisotopic (exact) mass is 304 g/mol. The van der Waals surface area contributed by atoms with Crippen molar-refractivity contribution in [2.45, 2.75) is 18.6 Å². The average Bonchev–Trinajstić information content (AvgIpc) is 2.13. The molecule has 0 saturated carbocycles. The van der Waals surface area contributed by atoms with Crippen LogP contribution < -0.4 is 10.2 Å². The number of nitrogens with one attached hydrogen (secondary N) is 1. The third-order valence-electron chi connectivity index (χ3n) is 1.80. The van der Waals surface area contributed by atoms with Gasteiger partial charge in [0.2, 0.25) is 0 Å². The van der Waals surface area contributed by atoms with Gasteiger partial charge in [0.15, 0.2) is 0 Å². The fourth-order valence-electron chi connectivity index (χ4n) is 1.06. The topological polar surface area (TPSA) is 163 Å². The molecular weight excluding hydrogens is 285 g/mol. The summed E-state index contributed by atoms with van der Waals surface area (Å²) in [7, 11) is -8.39. The third kappa shape index (κ3) is 14.2. The number of rotatable bonds is 10. The number of aliphatic hydroxyl groups excluding tert-OH is 1. The number of hydrogen-bond donors (Lipinski definition) is 6. The van der Waals surface area contributed by atoms with Gasteiger partial charge < -0.3 is 43.9 Å². The molecule has 11 heteroatoms. The van der Waals surface area contributed by atoms with E-state index in [1.807, 2.05) is 0 Å². The van der Waals surface area contributed by atoms with Crippen LogP contribution in [-0.4, -0.2) is 65.3 Å². The van der Waals surface area contributed by atoms with Crippen LogP contribution in [0.4, 0.5) is 0 Å². The van der Waals surface area contributed by atoms with E-state index in [0.717, 1.165) is 0 Å². The van der Waals surface area contributed by atoms with E-state index in [1.165, 1.54) is 0 Å². The Labute approximate surface area is 106 Å². The molecule has 2 unspecified atom stereocenters. The molecule has 110 valence electrons. The molecule has 0 bridgehead atoms. The van der Waals surface area contributed by atoms with Crippen LogP contribution in [-0.2, 0) is 9.30 Å². The van der Waals surface area contributed by atoms with Gasteiger partial charge in [0.1, 0.15) is 7.60 Å². The summed E-state index contributed by atoms with van der Waals surface area (Å²) < 4.78 is 15.3. The van der Waals surface area contributed by atoms with Crippen molar-refractivity contribution in [1.82, 2.24) is 5.32 Å². The maximum Gasteiger partial charge on any atom is 0.492 e. The number of hydrogen-bond acceptors (Lipinski definition) is 8. The maximum absolute atomic E-state index is 10.3. The number of ether oxygens (including phenoxy) is 1. The molecule has 18 heavy (non-hydrogen) atoms.